The number of hydrogen-bond acceptors (Lipinski definition) is 5. The number of carbonyl (C=O) groups excluding carboxylic acids is 2. The van der Waals surface area contributed by atoms with E-state index in [-0.39, 0.29) is 6.61 Å². The summed E-state index contributed by atoms with van der Waals surface area (Å²) in [6, 6.07) is 7.27. The number of ether oxygens (including phenoxy) is 1. The van der Waals surface area contributed by atoms with Crippen LogP contribution in [-0.2, 0) is 19.9 Å². The zero-order valence-electron chi connectivity index (χ0n) is 12.3. The van der Waals surface area contributed by atoms with E-state index in [0.717, 1.165) is 9.86 Å². The zero-order valence-corrected chi connectivity index (χ0v) is 13.9. The number of ketones is 1. The molecule has 0 aliphatic carbocycles. The Morgan fingerprint density at radius 2 is 2.13 bits per heavy atom. The van der Waals surface area contributed by atoms with Gasteiger partial charge in [0.15, 0.2) is 5.54 Å². The molecule has 0 bridgehead atoms. The van der Waals surface area contributed by atoms with Crippen molar-refractivity contribution in [3.8, 4) is 0 Å². The lowest BCUT2D eigenvalue weighted by Gasteiger charge is -2.23. The van der Waals surface area contributed by atoms with Crippen LogP contribution in [0.5, 0.6) is 0 Å². The lowest BCUT2D eigenvalue weighted by molar-refractivity contribution is -0.155. The van der Waals surface area contributed by atoms with E-state index in [4.69, 9.17) is 4.74 Å². The van der Waals surface area contributed by atoms with Crippen LogP contribution in [0.3, 0.4) is 0 Å². The summed E-state index contributed by atoms with van der Waals surface area (Å²) in [5.74, 6) is -1.62. The van der Waals surface area contributed by atoms with Gasteiger partial charge in [-0.05, 0) is 31.2 Å². The van der Waals surface area contributed by atoms with E-state index in [9.17, 15) is 9.59 Å². The number of rotatable bonds is 4. The number of nitrogens with zero attached hydrogens (tertiary/aromatic N) is 2. The average Bonchev–Trinajstić information content (AvgIpc) is 3.05. The highest BCUT2D eigenvalue weighted by Crippen LogP contribution is 2.37. The molecular formula is C17H13BrN2O3. The molecule has 0 saturated carbocycles. The van der Waals surface area contributed by atoms with Crippen LogP contribution in [0.4, 0.5) is 0 Å². The summed E-state index contributed by atoms with van der Waals surface area (Å²) < 4.78 is 5.73. The van der Waals surface area contributed by atoms with Crippen LogP contribution in [0.2, 0.25) is 0 Å². The molecule has 0 radical (unpaired) electrons. The van der Waals surface area contributed by atoms with Crippen molar-refractivity contribution >= 4 is 44.8 Å². The van der Waals surface area contributed by atoms with Crippen LogP contribution in [0.25, 0.3) is 10.9 Å². The molecule has 0 amide bonds. The molecule has 116 valence electrons. The van der Waals surface area contributed by atoms with Crippen molar-refractivity contribution in [3.63, 3.8) is 0 Å². The SMILES string of the molecule is CCOC(=O)C(=O)C1(c2ccc(Br)c3cccnc23)C=CC=N1. The molecule has 2 heterocycles. The Morgan fingerprint density at radius 1 is 1.30 bits per heavy atom. The van der Waals surface area contributed by atoms with Gasteiger partial charge in [0, 0.05) is 27.8 Å². The predicted octanol–water partition coefficient (Wildman–Crippen LogP) is 2.97. The normalized spacial score (nSPS) is 19.2. The number of hydrogen-bond donors (Lipinski definition) is 0. The van der Waals surface area contributed by atoms with Gasteiger partial charge in [0.2, 0.25) is 0 Å². The number of aliphatic imine (C=N–C) groups is 1. The van der Waals surface area contributed by atoms with E-state index in [1.807, 2.05) is 18.2 Å². The van der Waals surface area contributed by atoms with E-state index in [1.54, 1.807) is 31.3 Å². The molecule has 0 N–H and O–H groups in total. The van der Waals surface area contributed by atoms with Gasteiger partial charge < -0.3 is 4.74 Å². The van der Waals surface area contributed by atoms with Crippen molar-refractivity contribution in [2.45, 2.75) is 12.5 Å². The van der Waals surface area contributed by atoms with Gasteiger partial charge in [-0.3, -0.25) is 14.8 Å². The Labute approximate surface area is 141 Å². The largest absolute Gasteiger partial charge is 0.460 e. The zero-order chi connectivity index (χ0) is 16.4. The van der Waals surface area contributed by atoms with E-state index >= 15 is 0 Å². The fraction of sp³-hybridized carbons (Fsp3) is 0.176. The highest BCUT2D eigenvalue weighted by atomic mass is 79.9. The lowest BCUT2D eigenvalue weighted by Crippen LogP contribution is -2.37. The number of pyridine rings is 1. The van der Waals surface area contributed by atoms with E-state index in [1.165, 1.54) is 6.21 Å². The number of esters is 1. The third-order valence-electron chi connectivity index (χ3n) is 3.64. The Hall–Kier alpha value is -2.34. The number of Topliss-reactive ketones (excluding diaryl/α,β-unsaturated/α-hetero) is 1. The first-order valence-electron chi connectivity index (χ1n) is 7.08. The summed E-state index contributed by atoms with van der Waals surface area (Å²) >= 11 is 3.48. The molecule has 1 unspecified atom stereocenters. The minimum Gasteiger partial charge on any atom is -0.460 e. The fourth-order valence-electron chi connectivity index (χ4n) is 2.60. The van der Waals surface area contributed by atoms with Crippen molar-refractivity contribution in [1.82, 2.24) is 4.98 Å². The molecule has 1 aromatic heterocycles. The highest BCUT2D eigenvalue weighted by Gasteiger charge is 2.45. The first kappa shape index (κ1) is 15.6. The van der Waals surface area contributed by atoms with E-state index in [0.29, 0.717) is 11.1 Å². The second-order valence-electron chi connectivity index (χ2n) is 4.95. The Bertz CT molecular complexity index is 846. The van der Waals surface area contributed by atoms with Gasteiger partial charge in [0.25, 0.3) is 5.78 Å². The van der Waals surface area contributed by atoms with Gasteiger partial charge in [-0.2, -0.15) is 0 Å². The Balaban J connectivity index is 2.23. The third-order valence-corrected chi connectivity index (χ3v) is 4.33. The molecule has 23 heavy (non-hydrogen) atoms. The summed E-state index contributed by atoms with van der Waals surface area (Å²) in [6.45, 7) is 1.79. The molecule has 1 aliphatic rings. The molecule has 2 aromatic rings. The minimum atomic E-state index is -1.42. The third kappa shape index (κ3) is 2.49. The van der Waals surface area contributed by atoms with Crippen LogP contribution in [0.15, 0.2) is 52.1 Å². The molecule has 0 spiro atoms. The quantitative estimate of drug-likeness (QED) is 0.611. The van der Waals surface area contributed by atoms with Crippen molar-refractivity contribution in [1.29, 1.82) is 0 Å². The fourth-order valence-corrected chi connectivity index (χ4v) is 3.05. The average molecular weight is 373 g/mol. The molecular weight excluding hydrogens is 360 g/mol. The Morgan fingerprint density at radius 3 is 2.83 bits per heavy atom. The van der Waals surface area contributed by atoms with E-state index < -0.39 is 17.3 Å². The lowest BCUT2D eigenvalue weighted by atomic mass is 9.85. The maximum Gasteiger partial charge on any atom is 0.378 e. The number of carbonyl (C=O) groups is 2. The first-order chi connectivity index (χ1) is 11.1. The second-order valence-corrected chi connectivity index (χ2v) is 5.80. The standard InChI is InChI=1S/C17H13BrN2O3/c1-2-23-16(22)15(21)17(8-4-10-20-17)12-6-7-13(18)11-5-3-9-19-14(11)12/h3-10H,2H2,1H3. The van der Waals surface area contributed by atoms with Crippen LogP contribution in [-0.4, -0.2) is 29.6 Å². The van der Waals surface area contributed by atoms with Crippen molar-refractivity contribution in [2.24, 2.45) is 4.99 Å². The summed E-state index contributed by atoms with van der Waals surface area (Å²) in [5, 5.41) is 0.844. The van der Waals surface area contributed by atoms with Gasteiger partial charge >= 0.3 is 5.97 Å². The predicted molar refractivity (Wildman–Crippen MR) is 90.4 cm³/mol. The number of fused-ring (bicyclic) bond motifs is 1. The van der Waals surface area contributed by atoms with Crippen LogP contribution in [0.1, 0.15) is 12.5 Å². The van der Waals surface area contributed by atoms with Crippen LogP contribution in [0, 0.1) is 0 Å². The topological polar surface area (TPSA) is 68.6 Å². The maximum absolute atomic E-state index is 12.7. The van der Waals surface area contributed by atoms with E-state index in [2.05, 4.69) is 25.9 Å². The Kier molecular flexibility index (Phi) is 4.09. The molecule has 3 rings (SSSR count). The highest BCUT2D eigenvalue weighted by molar-refractivity contribution is 9.10. The van der Waals surface area contributed by atoms with Gasteiger partial charge in [-0.15, -0.1) is 0 Å². The second kappa shape index (κ2) is 6.04. The summed E-state index contributed by atoms with van der Waals surface area (Å²) in [7, 11) is 0. The van der Waals surface area contributed by atoms with Gasteiger partial charge in [0.05, 0.1) is 12.1 Å². The summed E-state index contributed by atoms with van der Waals surface area (Å²) in [5.41, 5.74) is -0.248. The monoisotopic (exact) mass is 372 g/mol. The van der Waals surface area contributed by atoms with Crippen molar-refractivity contribution in [2.75, 3.05) is 6.61 Å². The number of halogens is 1. The molecule has 1 aromatic carbocycles. The van der Waals surface area contributed by atoms with Crippen LogP contribution >= 0.6 is 15.9 Å². The smallest absolute Gasteiger partial charge is 0.378 e. The molecule has 0 saturated heterocycles. The molecule has 6 heteroatoms. The minimum absolute atomic E-state index is 0.132. The molecule has 0 fully saturated rings. The van der Waals surface area contributed by atoms with Crippen molar-refractivity contribution in [3.05, 3.63) is 52.7 Å². The van der Waals surface area contributed by atoms with Crippen LogP contribution < -0.4 is 0 Å². The van der Waals surface area contributed by atoms with Crippen molar-refractivity contribution < 1.29 is 14.3 Å². The molecule has 1 aliphatic heterocycles. The number of benzene rings is 1. The van der Waals surface area contributed by atoms with Gasteiger partial charge in [-0.1, -0.05) is 28.1 Å². The maximum atomic E-state index is 12.7. The first-order valence-corrected chi connectivity index (χ1v) is 7.88. The summed E-state index contributed by atoms with van der Waals surface area (Å²) in [6.07, 6.45) is 6.40. The molecule has 5 nitrogen and oxygen atoms in total. The van der Waals surface area contributed by atoms with Gasteiger partial charge in [0.1, 0.15) is 0 Å². The number of aromatic nitrogens is 1. The summed E-state index contributed by atoms with van der Waals surface area (Å²) in [4.78, 5) is 33.4. The van der Waals surface area contributed by atoms with Gasteiger partial charge in [-0.25, -0.2) is 4.79 Å². The number of allylic oxidation sites excluding steroid dienone is 1. The molecule has 1 atom stereocenters.